The number of thiophene rings is 1. The molecule has 3 rings (SSSR count). The molecule has 0 N–H and O–H groups in total. The Bertz CT molecular complexity index is 946. The Balaban J connectivity index is 1.97. The number of hydrogen-bond donors (Lipinski definition) is 0. The van der Waals surface area contributed by atoms with Gasteiger partial charge in [0.25, 0.3) is 5.56 Å². The first-order valence-electron chi connectivity index (χ1n) is 8.27. The number of rotatable bonds is 5. The molecule has 2 aromatic heterocycles. The molecule has 1 aromatic carbocycles. The van der Waals surface area contributed by atoms with Crippen molar-refractivity contribution in [3.05, 3.63) is 53.1 Å². The summed E-state index contributed by atoms with van der Waals surface area (Å²) in [7, 11) is 0. The smallest absolute Gasteiger partial charge is 0.329 e. The van der Waals surface area contributed by atoms with Crippen molar-refractivity contribution in [2.75, 3.05) is 0 Å². The van der Waals surface area contributed by atoms with E-state index >= 15 is 0 Å². The van der Waals surface area contributed by atoms with E-state index in [0.29, 0.717) is 10.2 Å². The molecule has 6 heteroatoms. The molecule has 0 radical (unpaired) electrons. The van der Waals surface area contributed by atoms with Crippen LogP contribution in [0.4, 0.5) is 0 Å². The molecule has 0 aliphatic carbocycles. The summed E-state index contributed by atoms with van der Waals surface area (Å²) in [5, 5.41) is 0.523. The monoisotopic (exact) mass is 356 g/mol. The standard InChI is InChI=1S/C19H20N2O3S/c1-4-12(2)24-19(23)13(3)21-11-20-17-15(18(21)22)10-16(25-17)14-8-6-5-7-9-14/h5-13H,4H2,1-3H3/t12-,13+/m0/s1. The van der Waals surface area contributed by atoms with Crippen LogP contribution in [0.15, 0.2) is 47.5 Å². The van der Waals surface area contributed by atoms with Crippen LogP contribution < -0.4 is 5.56 Å². The van der Waals surface area contributed by atoms with E-state index in [4.69, 9.17) is 4.74 Å². The summed E-state index contributed by atoms with van der Waals surface area (Å²) in [6.07, 6.45) is 1.99. The van der Waals surface area contributed by atoms with Gasteiger partial charge in [0.2, 0.25) is 0 Å². The fraction of sp³-hybridized carbons (Fsp3) is 0.316. The first-order chi connectivity index (χ1) is 12.0. The highest BCUT2D eigenvalue weighted by molar-refractivity contribution is 7.21. The fourth-order valence-electron chi connectivity index (χ4n) is 2.45. The third kappa shape index (κ3) is 3.49. The zero-order chi connectivity index (χ0) is 18.0. The maximum Gasteiger partial charge on any atom is 0.329 e. The average Bonchev–Trinajstić information content (AvgIpc) is 3.07. The molecule has 5 nitrogen and oxygen atoms in total. The number of benzene rings is 1. The van der Waals surface area contributed by atoms with Gasteiger partial charge in [0.05, 0.1) is 17.8 Å². The van der Waals surface area contributed by atoms with E-state index in [-0.39, 0.29) is 11.7 Å². The van der Waals surface area contributed by atoms with Crippen molar-refractivity contribution in [1.82, 2.24) is 9.55 Å². The van der Waals surface area contributed by atoms with Crippen LogP contribution >= 0.6 is 11.3 Å². The van der Waals surface area contributed by atoms with E-state index in [2.05, 4.69) is 4.98 Å². The first kappa shape index (κ1) is 17.4. The molecule has 0 unspecified atom stereocenters. The molecular weight excluding hydrogens is 336 g/mol. The first-order valence-corrected chi connectivity index (χ1v) is 9.09. The van der Waals surface area contributed by atoms with Gasteiger partial charge >= 0.3 is 5.97 Å². The number of ether oxygens (including phenoxy) is 1. The van der Waals surface area contributed by atoms with Crippen molar-refractivity contribution in [1.29, 1.82) is 0 Å². The normalized spacial score (nSPS) is 13.6. The highest BCUT2D eigenvalue weighted by Crippen LogP contribution is 2.30. The molecule has 0 saturated carbocycles. The van der Waals surface area contributed by atoms with Crippen molar-refractivity contribution in [2.24, 2.45) is 0 Å². The Hall–Kier alpha value is -2.47. The average molecular weight is 356 g/mol. The Morgan fingerprint density at radius 3 is 2.68 bits per heavy atom. The predicted octanol–water partition coefficient (Wildman–Crippen LogP) is 4.03. The van der Waals surface area contributed by atoms with Gasteiger partial charge in [0, 0.05) is 4.88 Å². The van der Waals surface area contributed by atoms with E-state index in [0.717, 1.165) is 16.9 Å². The molecule has 3 aromatic rings. The van der Waals surface area contributed by atoms with E-state index in [1.807, 2.05) is 50.2 Å². The van der Waals surface area contributed by atoms with Crippen molar-refractivity contribution >= 4 is 27.5 Å². The lowest BCUT2D eigenvalue weighted by Gasteiger charge is -2.17. The molecule has 0 bridgehead atoms. The van der Waals surface area contributed by atoms with Gasteiger partial charge in [-0.2, -0.15) is 0 Å². The summed E-state index contributed by atoms with van der Waals surface area (Å²) >= 11 is 1.47. The van der Waals surface area contributed by atoms with E-state index in [1.165, 1.54) is 22.2 Å². The maximum absolute atomic E-state index is 12.8. The molecule has 0 amide bonds. The lowest BCUT2D eigenvalue weighted by molar-refractivity contribution is -0.152. The number of esters is 1. The van der Waals surface area contributed by atoms with E-state index in [1.54, 1.807) is 6.92 Å². The van der Waals surface area contributed by atoms with Gasteiger partial charge < -0.3 is 4.74 Å². The van der Waals surface area contributed by atoms with Crippen molar-refractivity contribution < 1.29 is 9.53 Å². The summed E-state index contributed by atoms with van der Waals surface area (Å²) in [6, 6.07) is 11.0. The lowest BCUT2D eigenvalue weighted by atomic mass is 10.2. The van der Waals surface area contributed by atoms with Crippen LogP contribution in [-0.4, -0.2) is 21.6 Å². The summed E-state index contributed by atoms with van der Waals surface area (Å²) in [4.78, 5) is 31.0. The molecule has 2 atom stereocenters. The number of fused-ring (bicyclic) bond motifs is 1. The van der Waals surface area contributed by atoms with Crippen LogP contribution in [0.25, 0.3) is 20.7 Å². The van der Waals surface area contributed by atoms with Gasteiger partial charge in [0.1, 0.15) is 10.9 Å². The SMILES string of the molecule is CC[C@H](C)OC(=O)[C@@H](C)n1cnc2sc(-c3ccccc3)cc2c1=O. The number of carbonyl (C=O) groups is 1. The molecule has 2 heterocycles. The Morgan fingerprint density at radius 1 is 1.28 bits per heavy atom. The van der Waals surface area contributed by atoms with Crippen LogP contribution in [0.5, 0.6) is 0 Å². The number of hydrogen-bond acceptors (Lipinski definition) is 5. The molecule has 0 spiro atoms. The second kappa shape index (κ2) is 7.19. The minimum absolute atomic E-state index is 0.173. The van der Waals surface area contributed by atoms with Gasteiger partial charge in [-0.25, -0.2) is 9.78 Å². The largest absolute Gasteiger partial charge is 0.461 e. The zero-order valence-electron chi connectivity index (χ0n) is 14.4. The van der Waals surface area contributed by atoms with Crippen LogP contribution in [0.2, 0.25) is 0 Å². The predicted molar refractivity (Wildman–Crippen MR) is 99.9 cm³/mol. The van der Waals surface area contributed by atoms with Crippen LogP contribution in [0.1, 0.15) is 33.2 Å². The van der Waals surface area contributed by atoms with Gasteiger partial charge in [-0.1, -0.05) is 37.3 Å². The third-order valence-electron chi connectivity index (χ3n) is 4.19. The maximum atomic E-state index is 12.8. The van der Waals surface area contributed by atoms with Crippen molar-refractivity contribution in [3.63, 3.8) is 0 Å². The minimum atomic E-state index is -0.710. The number of nitrogens with zero attached hydrogens (tertiary/aromatic N) is 2. The Kier molecular flexibility index (Phi) is 4.99. The quantitative estimate of drug-likeness (QED) is 0.648. The van der Waals surface area contributed by atoms with Gasteiger partial charge in [-0.05, 0) is 31.9 Å². The van der Waals surface area contributed by atoms with E-state index < -0.39 is 12.0 Å². The Morgan fingerprint density at radius 2 is 2.00 bits per heavy atom. The zero-order valence-corrected chi connectivity index (χ0v) is 15.2. The molecular formula is C19H20N2O3S. The second-order valence-electron chi connectivity index (χ2n) is 5.98. The van der Waals surface area contributed by atoms with Gasteiger partial charge in [-0.15, -0.1) is 11.3 Å². The van der Waals surface area contributed by atoms with Gasteiger partial charge in [-0.3, -0.25) is 9.36 Å². The molecule has 0 fully saturated rings. The minimum Gasteiger partial charge on any atom is -0.461 e. The lowest BCUT2D eigenvalue weighted by Crippen LogP contribution is -2.30. The molecule has 25 heavy (non-hydrogen) atoms. The summed E-state index contributed by atoms with van der Waals surface area (Å²) < 4.78 is 6.68. The van der Waals surface area contributed by atoms with Crippen molar-refractivity contribution in [2.45, 2.75) is 39.3 Å². The summed E-state index contributed by atoms with van der Waals surface area (Å²) in [6.45, 7) is 5.43. The molecule has 0 aliphatic rings. The van der Waals surface area contributed by atoms with Crippen molar-refractivity contribution in [3.8, 4) is 10.4 Å². The topological polar surface area (TPSA) is 61.2 Å². The second-order valence-corrected chi connectivity index (χ2v) is 7.01. The summed E-state index contributed by atoms with van der Waals surface area (Å²) in [5.74, 6) is -0.420. The number of carbonyl (C=O) groups excluding carboxylic acids is 1. The van der Waals surface area contributed by atoms with Crippen LogP contribution in [0, 0.1) is 0 Å². The Labute approximate surface area is 149 Å². The summed E-state index contributed by atoms with van der Waals surface area (Å²) in [5.41, 5.74) is 0.817. The molecule has 0 saturated heterocycles. The number of aromatic nitrogens is 2. The van der Waals surface area contributed by atoms with E-state index in [9.17, 15) is 9.59 Å². The highest BCUT2D eigenvalue weighted by atomic mass is 32.1. The third-order valence-corrected chi connectivity index (χ3v) is 5.28. The van der Waals surface area contributed by atoms with Gasteiger partial charge in [0.15, 0.2) is 0 Å². The highest BCUT2D eigenvalue weighted by Gasteiger charge is 2.21. The van der Waals surface area contributed by atoms with Crippen LogP contribution in [0.3, 0.4) is 0 Å². The molecule has 130 valence electrons. The van der Waals surface area contributed by atoms with Crippen LogP contribution in [-0.2, 0) is 9.53 Å². The fourth-order valence-corrected chi connectivity index (χ4v) is 3.45. The molecule has 0 aliphatic heterocycles.